The Morgan fingerprint density at radius 3 is 2.20 bits per heavy atom. The lowest BCUT2D eigenvalue weighted by molar-refractivity contribution is 0.240. The van der Waals surface area contributed by atoms with E-state index in [1.165, 1.54) is 6.42 Å². The molecule has 0 heterocycles. The van der Waals surface area contributed by atoms with Crippen LogP contribution in [0.4, 0.5) is 0 Å². The second kappa shape index (κ2) is 2.64. The topological polar surface area (TPSA) is 0 Å². The van der Waals surface area contributed by atoms with Crippen LogP contribution in [0.15, 0.2) is 0 Å². The van der Waals surface area contributed by atoms with E-state index in [4.69, 9.17) is 15.7 Å². The Hall–Kier alpha value is 0.130. The monoisotopic (exact) mass is 132 g/mol. The average molecular weight is 132 g/mol. The molecular formula is C8H14B2. The normalized spacial score (nSPS) is 24.7. The molecule has 1 aliphatic carbocycles. The molecular weight excluding hydrogens is 118 g/mol. The molecule has 0 N–H and O–H groups in total. The van der Waals surface area contributed by atoms with Crippen molar-refractivity contribution in [3.05, 3.63) is 0 Å². The molecule has 0 unspecified atom stereocenters. The molecule has 0 saturated heterocycles. The van der Waals surface area contributed by atoms with Crippen molar-refractivity contribution in [1.82, 2.24) is 0 Å². The fourth-order valence-electron chi connectivity index (χ4n) is 1.85. The van der Waals surface area contributed by atoms with Gasteiger partial charge >= 0.3 is 0 Å². The van der Waals surface area contributed by atoms with Gasteiger partial charge in [0.05, 0.1) is 15.7 Å². The maximum atomic E-state index is 5.67. The van der Waals surface area contributed by atoms with E-state index in [0.29, 0.717) is 0 Å². The van der Waals surface area contributed by atoms with Crippen LogP contribution in [0.2, 0.25) is 5.21 Å². The first kappa shape index (κ1) is 8.23. The Bertz CT molecular complexity index is 108. The summed E-state index contributed by atoms with van der Waals surface area (Å²) in [4.78, 5) is 0. The number of hydrogen-bond acceptors (Lipinski definition) is 0. The molecule has 0 amide bonds. The minimum atomic E-state index is -0.320. The first-order valence-electron chi connectivity index (χ1n) is 4.07. The summed E-state index contributed by atoms with van der Waals surface area (Å²) in [5.74, 6) is 1.59. The molecule has 0 spiro atoms. The summed E-state index contributed by atoms with van der Waals surface area (Å²) in [7, 11) is 11.3. The van der Waals surface area contributed by atoms with Crippen LogP contribution in [0.25, 0.3) is 0 Å². The molecule has 1 fully saturated rings. The maximum Gasteiger partial charge on any atom is 0.0620 e. The van der Waals surface area contributed by atoms with Crippen LogP contribution in [-0.4, -0.2) is 15.7 Å². The number of rotatable bonds is 2. The second-order valence-corrected chi connectivity index (χ2v) is 4.14. The maximum absolute atomic E-state index is 5.67. The standard InChI is InChI=1S/C8H14B2/c1-6(2)3-7-4-8(9,10)5-7/h6-7H,3-5H2,1-2H3. The first-order chi connectivity index (χ1) is 4.49. The molecule has 0 aromatic heterocycles. The van der Waals surface area contributed by atoms with E-state index in [0.717, 1.165) is 24.7 Å². The average Bonchev–Trinajstić information content (AvgIpc) is 1.57. The van der Waals surface area contributed by atoms with Gasteiger partial charge in [-0.05, 0) is 18.3 Å². The second-order valence-electron chi connectivity index (χ2n) is 4.14. The third-order valence-electron chi connectivity index (χ3n) is 2.14. The van der Waals surface area contributed by atoms with E-state index < -0.39 is 0 Å². The Kier molecular flexibility index (Phi) is 2.17. The zero-order chi connectivity index (χ0) is 7.78. The van der Waals surface area contributed by atoms with Gasteiger partial charge in [-0.25, -0.2) is 0 Å². The van der Waals surface area contributed by atoms with Crippen LogP contribution >= 0.6 is 0 Å². The van der Waals surface area contributed by atoms with Gasteiger partial charge in [0.25, 0.3) is 0 Å². The van der Waals surface area contributed by atoms with Gasteiger partial charge in [-0.1, -0.05) is 31.9 Å². The molecule has 2 heteroatoms. The molecule has 1 saturated carbocycles. The van der Waals surface area contributed by atoms with Crippen molar-refractivity contribution < 1.29 is 0 Å². The molecule has 0 atom stereocenters. The van der Waals surface area contributed by atoms with Gasteiger partial charge in [0.2, 0.25) is 0 Å². The van der Waals surface area contributed by atoms with Crippen molar-refractivity contribution in [2.75, 3.05) is 0 Å². The summed E-state index contributed by atoms with van der Waals surface area (Å²) in [5, 5.41) is -0.320. The van der Waals surface area contributed by atoms with Crippen LogP contribution in [0.5, 0.6) is 0 Å². The molecule has 0 nitrogen and oxygen atoms in total. The summed E-state index contributed by atoms with van der Waals surface area (Å²) in [5.41, 5.74) is 0. The van der Waals surface area contributed by atoms with Gasteiger partial charge < -0.3 is 0 Å². The molecule has 1 rings (SSSR count). The summed E-state index contributed by atoms with van der Waals surface area (Å²) in [6, 6.07) is 0. The molecule has 10 heavy (non-hydrogen) atoms. The Morgan fingerprint density at radius 2 is 1.90 bits per heavy atom. The van der Waals surface area contributed by atoms with Crippen molar-refractivity contribution >= 4 is 15.7 Å². The van der Waals surface area contributed by atoms with Crippen LogP contribution in [0.1, 0.15) is 33.1 Å². The van der Waals surface area contributed by atoms with Crippen LogP contribution in [0.3, 0.4) is 0 Å². The van der Waals surface area contributed by atoms with Crippen LogP contribution in [-0.2, 0) is 0 Å². The highest BCUT2D eigenvalue weighted by Gasteiger charge is 2.34. The highest BCUT2D eigenvalue weighted by Crippen LogP contribution is 2.48. The lowest BCUT2D eigenvalue weighted by Gasteiger charge is -2.44. The van der Waals surface area contributed by atoms with Gasteiger partial charge in [0, 0.05) is 0 Å². The smallest absolute Gasteiger partial charge is 0.0620 e. The van der Waals surface area contributed by atoms with E-state index in [-0.39, 0.29) is 5.21 Å². The largest absolute Gasteiger partial charge is 0.0984 e. The van der Waals surface area contributed by atoms with Crippen molar-refractivity contribution in [2.24, 2.45) is 11.8 Å². The van der Waals surface area contributed by atoms with Gasteiger partial charge in [-0.3, -0.25) is 0 Å². The molecule has 52 valence electrons. The van der Waals surface area contributed by atoms with Crippen molar-refractivity contribution in [1.29, 1.82) is 0 Å². The highest BCUT2D eigenvalue weighted by molar-refractivity contribution is 6.40. The summed E-state index contributed by atoms with van der Waals surface area (Å²) in [6.45, 7) is 4.49. The predicted octanol–water partition coefficient (Wildman–Crippen LogP) is 1.90. The zero-order valence-electron chi connectivity index (χ0n) is 6.93. The van der Waals surface area contributed by atoms with Crippen molar-refractivity contribution in [3.8, 4) is 0 Å². The highest BCUT2D eigenvalue weighted by atomic mass is 14.3. The molecule has 0 aromatic carbocycles. The third-order valence-corrected chi connectivity index (χ3v) is 2.14. The summed E-state index contributed by atoms with van der Waals surface area (Å²) in [6.07, 6.45) is 3.33. The minimum Gasteiger partial charge on any atom is -0.0984 e. The lowest BCUT2D eigenvalue weighted by atomic mass is 9.40. The van der Waals surface area contributed by atoms with E-state index >= 15 is 0 Å². The molecule has 0 aromatic rings. The lowest BCUT2D eigenvalue weighted by Crippen LogP contribution is -2.32. The van der Waals surface area contributed by atoms with Gasteiger partial charge in [0.1, 0.15) is 0 Å². The quantitative estimate of drug-likeness (QED) is 0.503. The predicted molar refractivity (Wildman–Crippen MR) is 46.4 cm³/mol. The van der Waals surface area contributed by atoms with E-state index in [9.17, 15) is 0 Å². The molecule has 4 radical (unpaired) electrons. The van der Waals surface area contributed by atoms with Gasteiger partial charge in [-0.2, -0.15) is 0 Å². The van der Waals surface area contributed by atoms with Crippen molar-refractivity contribution in [2.45, 2.75) is 38.3 Å². The van der Waals surface area contributed by atoms with Crippen molar-refractivity contribution in [3.63, 3.8) is 0 Å². The Morgan fingerprint density at radius 1 is 1.40 bits per heavy atom. The fourth-order valence-corrected chi connectivity index (χ4v) is 1.85. The van der Waals surface area contributed by atoms with E-state index in [1.807, 2.05) is 0 Å². The Balaban J connectivity index is 2.15. The summed E-state index contributed by atoms with van der Waals surface area (Å²) < 4.78 is 0. The zero-order valence-corrected chi connectivity index (χ0v) is 6.93. The van der Waals surface area contributed by atoms with Crippen LogP contribution < -0.4 is 0 Å². The molecule has 1 aliphatic rings. The van der Waals surface area contributed by atoms with E-state index in [1.54, 1.807) is 0 Å². The molecule has 0 aliphatic heterocycles. The van der Waals surface area contributed by atoms with Gasteiger partial charge in [-0.15, -0.1) is 0 Å². The fraction of sp³-hybridized carbons (Fsp3) is 1.00. The third kappa shape index (κ3) is 2.07. The minimum absolute atomic E-state index is 0.320. The first-order valence-corrected chi connectivity index (χ1v) is 4.07. The summed E-state index contributed by atoms with van der Waals surface area (Å²) >= 11 is 0. The SMILES string of the molecule is [B]C1([B])CC(CC(C)C)C1. The Labute approximate surface area is 66.6 Å². The van der Waals surface area contributed by atoms with Gasteiger partial charge in [0.15, 0.2) is 0 Å². The number of hydrogen-bond donors (Lipinski definition) is 0. The van der Waals surface area contributed by atoms with E-state index in [2.05, 4.69) is 13.8 Å². The van der Waals surface area contributed by atoms with Crippen LogP contribution in [0, 0.1) is 11.8 Å². The molecule has 0 bridgehead atoms.